The molecular formula is C38H68N8O2. The van der Waals surface area contributed by atoms with E-state index in [-0.39, 0.29) is 22.4 Å². The van der Waals surface area contributed by atoms with Crippen molar-refractivity contribution in [2.75, 3.05) is 54.4 Å². The summed E-state index contributed by atoms with van der Waals surface area (Å²) in [5.41, 5.74) is 5.81. The van der Waals surface area contributed by atoms with E-state index in [0.717, 1.165) is 90.6 Å². The molecule has 48 heavy (non-hydrogen) atoms. The number of hydrogen-bond acceptors (Lipinski definition) is 8. The van der Waals surface area contributed by atoms with Gasteiger partial charge in [-0.1, -0.05) is 27.7 Å². The number of ether oxygens (including phenoxy) is 2. The van der Waals surface area contributed by atoms with E-state index in [1.165, 1.54) is 48.2 Å². The standard InChI is InChI=1S/2C19H34N4O/c2*1-5-18-7-8-19(6-2,24-18)12-15(11-18)17-16(13-21-22-17)14-23(4)10-9-20-3/h2*13,15,20H,5-12,14H2,1-4H3,(H,21,22)/t2*15?,18-,19+. The highest BCUT2D eigenvalue weighted by molar-refractivity contribution is 5.25. The van der Waals surface area contributed by atoms with E-state index in [0.29, 0.717) is 11.8 Å². The first-order chi connectivity index (χ1) is 23.1. The average Bonchev–Trinajstić information content (AvgIpc) is 3.88. The van der Waals surface area contributed by atoms with Gasteiger partial charge in [-0.15, -0.1) is 0 Å². The number of hydrogen-bond donors (Lipinski definition) is 4. The van der Waals surface area contributed by atoms with Gasteiger partial charge in [0.2, 0.25) is 0 Å². The smallest absolute Gasteiger partial charge is 0.0695 e. The Labute approximate surface area is 291 Å². The van der Waals surface area contributed by atoms with Crippen LogP contribution in [0.3, 0.4) is 0 Å². The maximum Gasteiger partial charge on any atom is 0.0695 e. The van der Waals surface area contributed by atoms with Gasteiger partial charge >= 0.3 is 0 Å². The lowest BCUT2D eigenvalue weighted by Gasteiger charge is -2.43. The third kappa shape index (κ3) is 8.21. The van der Waals surface area contributed by atoms with Crippen molar-refractivity contribution < 1.29 is 9.47 Å². The van der Waals surface area contributed by atoms with Crippen LogP contribution >= 0.6 is 0 Å². The van der Waals surface area contributed by atoms with Gasteiger partial charge in [0.1, 0.15) is 0 Å². The molecule has 0 spiro atoms. The van der Waals surface area contributed by atoms with E-state index in [2.05, 4.69) is 82.6 Å². The Hall–Kier alpha value is -1.82. The highest BCUT2D eigenvalue weighted by Crippen LogP contribution is 2.57. The predicted molar refractivity (Wildman–Crippen MR) is 194 cm³/mol. The van der Waals surface area contributed by atoms with Crippen LogP contribution in [0.5, 0.6) is 0 Å². The molecule has 4 N–H and O–H groups in total. The van der Waals surface area contributed by atoms with Crippen LogP contribution in [-0.4, -0.2) is 107 Å². The molecule has 10 heteroatoms. The maximum absolute atomic E-state index is 6.62. The van der Waals surface area contributed by atoms with E-state index in [1.54, 1.807) is 0 Å². The largest absolute Gasteiger partial charge is 0.369 e. The van der Waals surface area contributed by atoms with Crippen LogP contribution in [0.25, 0.3) is 0 Å². The van der Waals surface area contributed by atoms with Crippen molar-refractivity contribution in [2.45, 2.75) is 152 Å². The Kier molecular flexibility index (Phi) is 12.5. The lowest BCUT2D eigenvalue weighted by Crippen LogP contribution is -2.43. The van der Waals surface area contributed by atoms with Gasteiger partial charge in [-0.05, 0) is 105 Å². The summed E-state index contributed by atoms with van der Waals surface area (Å²) in [7, 11) is 8.37. The molecule has 2 aromatic rings. The number of likely N-dealkylation sites (N-methyl/N-ethyl adjacent to an activating group) is 4. The van der Waals surface area contributed by atoms with Crippen LogP contribution in [0.1, 0.15) is 139 Å². The normalized spacial score (nSPS) is 32.6. The number of H-pyrrole nitrogens is 2. The highest BCUT2D eigenvalue weighted by Gasteiger charge is 2.55. The maximum atomic E-state index is 6.62. The van der Waals surface area contributed by atoms with Crippen LogP contribution in [0.2, 0.25) is 0 Å². The van der Waals surface area contributed by atoms with Gasteiger partial charge in [0.15, 0.2) is 0 Å². The molecule has 2 unspecified atom stereocenters. The number of aromatic nitrogens is 4. The molecule has 4 aliphatic rings. The van der Waals surface area contributed by atoms with Gasteiger partial charge in [0, 0.05) is 73.6 Å². The van der Waals surface area contributed by atoms with E-state index >= 15 is 0 Å². The van der Waals surface area contributed by atoms with Crippen LogP contribution in [0.15, 0.2) is 12.4 Å². The number of rotatable bonds is 16. The summed E-state index contributed by atoms with van der Waals surface area (Å²) in [6.07, 6.45) is 18.0. The molecule has 0 aliphatic carbocycles. The molecule has 6 rings (SSSR count). The van der Waals surface area contributed by atoms with Gasteiger partial charge in [-0.3, -0.25) is 10.2 Å². The Balaban J connectivity index is 0.000000188. The average molecular weight is 669 g/mol. The van der Waals surface area contributed by atoms with Crippen molar-refractivity contribution in [3.05, 3.63) is 34.9 Å². The third-order valence-corrected chi connectivity index (χ3v) is 12.7. The second kappa shape index (κ2) is 16.0. The molecule has 10 nitrogen and oxygen atoms in total. The van der Waals surface area contributed by atoms with Gasteiger partial charge < -0.3 is 29.9 Å². The summed E-state index contributed by atoms with van der Waals surface area (Å²) in [5.74, 6) is 1.10. The molecule has 0 amide bonds. The Bertz CT molecular complexity index is 1150. The highest BCUT2D eigenvalue weighted by atomic mass is 16.5. The summed E-state index contributed by atoms with van der Waals surface area (Å²) < 4.78 is 13.2. The van der Waals surface area contributed by atoms with Crippen molar-refractivity contribution in [1.82, 2.24) is 40.8 Å². The molecule has 2 aromatic heterocycles. The predicted octanol–water partition coefficient (Wildman–Crippen LogP) is 6.09. The molecule has 4 fully saturated rings. The first kappa shape index (κ1) is 37.4. The second-order valence-corrected chi connectivity index (χ2v) is 15.9. The van der Waals surface area contributed by atoms with Gasteiger partial charge in [0.25, 0.3) is 0 Å². The molecule has 4 saturated heterocycles. The van der Waals surface area contributed by atoms with Crippen molar-refractivity contribution in [1.29, 1.82) is 0 Å². The molecule has 4 bridgehead atoms. The summed E-state index contributed by atoms with van der Waals surface area (Å²) in [5, 5.41) is 21.9. The Morgan fingerprint density at radius 3 is 1.27 bits per heavy atom. The van der Waals surface area contributed by atoms with Crippen LogP contribution in [0, 0.1) is 0 Å². The molecule has 6 heterocycles. The first-order valence-electron chi connectivity index (χ1n) is 19.2. The summed E-state index contributed by atoms with van der Waals surface area (Å²) in [6.45, 7) is 15.2. The number of nitrogens with one attached hydrogen (secondary N) is 4. The van der Waals surface area contributed by atoms with E-state index in [9.17, 15) is 0 Å². The Morgan fingerprint density at radius 2 is 0.979 bits per heavy atom. The SMILES string of the molecule is CC[C@]12CC[C@](CC)(CC(c3[nH]ncc3CN(C)CCNC)C1)O2.CC[C@]12CC[C@](CC)(CC(c3[nH]ncc3CN(C)CCNC)C1)O2. The van der Waals surface area contributed by atoms with E-state index in [4.69, 9.17) is 9.47 Å². The van der Waals surface area contributed by atoms with Gasteiger partial charge in [-0.2, -0.15) is 10.2 Å². The fourth-order valence-electron chi connectivity index (χ4n) is 9.48. The van der Waals surface area contributed by atoms with Crippen LogP contribution < -0.4 is 10.6 Å². The number of nitrogens with zero attached hydrogens (tertiary/aromatic N) is 4. The zero-order valence-electron chi connectivity index (χ0n) is 31.6. The summed E-state index contributed by atoms with van der Waals surface area (Å²) >= 11 is 0. The number of fused-ring (bicyclic) bond motifs is 4. The fraction of sp³-hybridized carbons (Fsp3) is 0.842. The van der Waals surface area contributed by atoms with E-state index < -0.39 is 0 Å². The molecule has 6 atom stereocenters. The minimum atomic E-state index is 0.0966. The zero-order chi connectivity index (χ0) is 34.4. The van der Waals surface area contributed by atoms with Gasteiger partial charge in [0.05, 0.1) is 34.8 Å². The molecule has 272 valence electrons. The third-order valence-electron chi connectivity index (χ3n) is 12.7. The lowest BCUT2D eigenvalue weighted by molar-refractivity contribution is -0.149. The summed E-state index contributed by atoms with van der Waals surface area (Å²) in [4.78, 5) is 4.73. The van der Waals surface area contributed by atoms with Crippen molar-refractivity contribution in [3.63, 3.8) is 0 Å². The summed E-state index contributed by atoms with van der Waals surface area (Å²) in [6, 6.07) is 0. The minimum absolute atomic E-state index is 0.0966. The Morgan fingerprint density at radius 1 is 0.646 bits per heavy atom. The zero-order valence-corrected chi connectivity index (χ0v) is 31.6. The first-order valence-corrected chi connectivity index (χ1v) is 19.2. The fourth-order valence-corrected chi connectivity index (χ4v) is 9.48. The quantitative estimate of drug-likeness (QED) is 0.170. The van der Waals surface area contributed by atoms with Crippen LogP contribution in [-0.2, 0) is 22.6 Å². The lowest BCUT2D eigenvalue weighted by atomic mass is 9.79. The van der Waals surface area contributed by atoms with Gasteiger partial charge in [-0.25, -0.2) is 0 Å². The van der Waals surface area contributed by atoms with Crippen molar-refractivity contribution >= 4 is 0 Å². The second-order valence-electron chi connectivity index (χ2n) is 15.9. The molecule has 0 aromatic carbocycles. The molecular weight excluding hydrogens is 600 g/mol. The molecule has 4 aliphatic heterocycles. The molecule has 0 saturated carbocycles. The van der Waals surface area contributed by atoms with Crippen molar-refractivity contribution in [2.24, 2.45) is 0 Å². The van der Waals surface area contributed by atoms with E-state index in [1.807, 2.05) is 26.5 Å². The monoisotopic (exact) mass is 669 g/mol. The van der Waals surface area contributed by atoms with Crippen molar-refractivity contribution in [3.8, 4) is 0 Å². The number of aromatic amines is 2. The minimum Gasteiger partial charge on any atom is -0.369 e. The van der Waals surface area contributed by atoms with Crippen LogP contribution in [0.4, 0.5) is 0 Å². The molecule has 0 radical (unpaired) electrons. The topological polar surface area (TPSA) is 106 Å².